The molecule has 4 rings (SSSR count). The maximum atomic E-state index is 12.5. The number of nitrogens with one attached hydrogen (secondary N) is 1. The second kappa shape index (κ2) is 6.26. The van der Waals surface area contributed by atoms with Crippen molar-refractivity contribution >= 4 is 5.91 Å². The first-order valence-electron chi connectivity index (χ1n) is 10.1. The number of rotatable bonds is 4. The molecule has 4 nitrogen and oxygen atoms in total. The number of amides is 1. The molecule has 1 spiro atoms. The quantitative estimate of drug-likeness (QED) is 0.849. The number of phenols is 1. The fraction of sp³-hybridized carbons (Fsp3) is 0.682. The molecule has 5 atom stereocenters. The molecule has 2 saturated carbocycles. The normalized spacial score (nSPS) is 37.3. The van der Waals surface area contributed by atoms with E-state index in [0.717, 1.165) is 25.0 Å². The molecule has 1 heterocycles. The van der Waals surface area contributed by atoms with Gasteiger partial charge in [0, 0.05) is 19.1 Å². The molecular formula is C22H31NO3. The maximum Gasteiger partial charge on any atom is 0.220 e. The average Bonchev–Trinajstić information content (AvgIpc) is 3.09. The molecule has 1 aliphatic heterocycles. The van der Waals surface area contributed by atoms with Crippen molar-refractivity contribution < 1.29 is 14.6 Å². The second-order valence-corrected chi connectivity index (χ2v) is 9.18. The number of fused-ring (bicyclic) bond motifs is 1. The van der Waals surface area contributed by atoms with Crippen molar-refractivity contribution in [2.45, 2.75) is 65.0 Å². The highest BCUT2D eigenvalue weighted by atomic mass is 16.5. The van der Waals surface area contributed by atoms with Gasteiger partial charge in [0.25, 0.3) is 0 Å². The highest BCUT2D eigenvalue weighted by molar-refractivity contribution is 5.76. The highest BCUT2D eigenvalue weighted by Crippen LogP contribution is 2.70. The van der Waals surface area contributed by atoms with Gasteiger partial charge in [0.2, 0.25) is 5.91 Å². The van der Waals surface area contributed by atoms with Crippen LogP contribution in [0.1, 0.15) is 64.5 Å². The van der Waals surface area contributed by atoms with Gasteiger partial charge in [-0.2, -0.15) is 0 Å². The van der Waals surface area contributed by atoms with Crippen molar-refractivity contribution in [2.24, 2.45) is 22.7 Å². The van der Waals surface area contributed by atoms with Crippen LogP contribution >= 0.6 is 0 Å². The van der Waals surface area contributed by atoms with Crippen LogP contribution in [0.2, 0.25) is 0 Å². The SMILES string of the molecule is CCCC(=O)N[C@H]1C(C)(C)[C@@H]2C[C@@H]3[C@@H](c4ccc(O)cc4)OCC[C@@]31C2. The Morgan fingerprint density at radius 1 is 1.31 bits per heavy atom. The van der Waals surface area contributed by atoms with E-state index in [1.807, 2.05) is 12.1 Å². The minimum atomic E-state index is 0.0658. The lowest BCUT2D eigenvalue weighted by Gasteiger charge is -2.53. The van der Waals surface area contributed by atoms with Crippen molar-refractivity contribution in [3.63, 3.8) is 0 Å². The second-order valence-electron chi connectivity index (χ2n) is 9.18. The monoisotopic (exact) mass is 357 g/mol. The largest absolute Gasteiger partial charge is 0.508 e. The lowest BCUT2D eigenvalue weighted by atomic mass is 9.59. The smallest absolute Gasteiger partial charge is 0.220 e. The number of hydrogen-bond donors (Lipinski definition) is 2. The predicted octanol–water partition coefficient (Wildman–Crippen LogP) is 4.19. The van der Waals surface area contributed by atoms with Crippen LogP contribution in [0, 0.1) is 22.7 Å². The first-order valence-corrected chi connectivity index (χ1v) is 10.1. The standard InChI is InChI=1S/C22H31NO3/c1-4-5-18(25)23-20-21(2,3)15-12-17-19(14-6-8-16(24)9-7-14)26-11-10-22(17,20)13-15/h6-9,15,17,19-20,24H,4-5,10-13H2,1-3H3,(H,23,25)/t15-,17-,19-,20+,22-/m1/s1. The summed E-state index contributed by atoms with van der Waals surface area (Å²) in [5.74, 6) is 1.54. The van der Waals surface area contributed by atoms with Crippen molar-refractivity contribution in [3.8, 4) is 5.75 Å². The fourth-order valence-electron chi connectivity index (χ4n) is 6.24. The molecule has 2 aliphatic carbocycles. The Hall–Kier alpha value is -1.55. The fourth-order valence-corrected chi connectivity index (χ4v) is 6.24. The first-order chi connectivity index (χ1) is 12.4. The molecule has 3 aliphatic rings. The van der Waals surface area contributed by atoms with Crippen LogP contribution in [0.3, 0.4) is 0 Å². The van der Waals surface area contributed by atoms with Gasteiger partial charge in [0.1, 0.15) is 5.75 Å². The number of phenolic OH excluding ortho intramolecular Hbond substituents is 1. The van der Waals surface area contributed by atoms with Gasteiger partial charge in [-0.1, -0.05) is 32.9 Å². The van der Waals surface area contributed by atoms with Gasteiger partial charge in [0.05, 0.1) is 6.10 Å². The number of aromatic hydroxyl groups is 1. The van der Waals surface area contributed by atoms with E-state index in [1.54, 1.807) is 12.1 Å². The number of benzene rings is 1. The third-order valence-corrected chi connectivity index (χ3v) is 7.51. The van der Waals surface area contributed by atoms with E-state index in [2.05, 4.69) is 26.1 Å². The zero-order valence-corrected chi connectivity index (χ0v) is 16.1. The van der Waals surface area contributed by atoms with Gasteiger partial charge in [-0.25, -0.2) is 0 Å². The Morgan fingerprint density at radius 3 is 2.73 bits per heavy atom. The van der Waals surface area contributed by atoms with Crippen LogP contribution < -0.4 is 5.32 Å². The van der Waals surface area contributed by atoms with Crippen LogP contribution in [0.25, 0.3) is 0 Å². The molecule has 2 N–H and O–H groups in total. The Labute approximate surface area is 156 Å². The minimum absolute atomic E-state index is 0.0658. The Balaban J connectivity index is 1.66. The van der Waals surface area contributed by atoms with Crippen molar-refractivity contribution in [3.05, 3.63) is 29.8 Å². The molecule has 2 bridgehead atoms. The number of hydrogen-bond acceptors (Lipinski definition) is 3. The molecule has 1 saturated heterocycles. The molecule has 0 unspecified atom stereocenters. The van der Waals surface area contributed by atoms with Crippen LogP contribution in [-0.2, 0) is 9.53 Å². The van der Waals surface area contributed by atoms with E-state index in [1.165, 1.54) is 12.8 Å². The zero-order valence-electron chi connectivity index (χ0n) is 16.1. The first kappa shape index (κ1) is 17.8. The van der Waals surface area contributed by atoms with E-state index in [4.69, 9.17) is 4.74 Å². The summed E-state index contributed by atoms with van der Waals surface area (Å²) in [7, 11) is 0. The summed E-state index contributed by atoms with van der Waals surface area (Å²) in [4.78, 5) is 12.5. The van der Waals surface area contributed by atoms with E-state index < -0.39 is 0 Å². The van der Waals surface area contributed by atoms with Gasteiger partial charge in [-0.3, -0.25) is 4.79 Å². The molecule has 1 amide bonds. The van der Waals surface area contributed by atoms with E-state index in [9.17, 15) is 9.90 Å². The van der Waals surface area contributed by atoms with Gasteiger partial charge in [-0.05, 0) is 66.0 Å². The number of ether oxygens (including phenoxy) is 1. The molecule has 1 aromatic rings. The topological polar surface area (TPSA) is 58.6 Å². The molecule has 0 aromatic heterocycles. The predicted molar refractivity (Wildman–Crippen MR) is 101 cm³/mol. The molecule has 26 heavy (non-hydrogen) atoms. The lowest BCUT2D eigenvalue weighted by molar-refractivity contribution is -0.137. The van der Waals surface area contributed by atoms with Gasteiger partial charge >= 0.3 is 0 Å². The summed E-state index contributed by atoms with van der Waals surface area (Å²) in [5.41, 5.74) is 1.42. The van der Waals surface area contributed by atoms with E-state index >= 15 is 0 Å². The minimum Gasteiger partial charge on any atom is -0.508 e. The summed E-state index contributed by atoms with van der Waals surface area (Å²) < 4.78 is 6.24. The summed E-state index contributed by atoms with van der Waals surface area (Å²) in [6.45, 7) is 7.47. The Bertz CT molecular complexity index is 683. The molecule has 1 aromatic carbocycles. The van der Waals surface area contributed by atoms with E-state index in [-0.39, 0.29) is 34.6 Å². The maximum absolute atomic E-state index is 12.5. The van der Waals surface area contributed by atoms with Crippen LogP contribution in [0.15, 0.2) is 24.3 Å². The van der Waals surface area contributed by atoms with E-state index in [0.29, 0.717) is 18.3 Å². The number of carbonyl (C=O) groups excluding carboxylic acids is 1. The van der Waals surface area contributed by atoms with Gasteiger partial charge in [-0.15, -0.1) is 0 Å². The van der Waals surface area contributed by atoms with Gasteiger partial charge < -0.3 is 15.2 Å². The van der Waals surface area contributed by atoms with Crippen LogP contribution in [-0.4, -0.2) is 23.7 Å². The third kappa shape index (κ3) is 2.57. The summed E-state index contributed by atoms with van der Waals surface area (Å²) in [5, 5.41) is 13.1. The van der Waals surface area contributed by atoms with Crippen LogP contribution in [0.4, 0.5) is 0 Å². The summed E-state index contributed by atoms with van der Waals surface area (Å²) in [6, 6.07) is 7.69. The van der Waals surface area contributed by atoms with Crippen molar-refractivity contribution in [1.29, 1.82) is 0 Å². The molecular weight excluding hydrogens is 326 g/mol. The third-order valence-electron chi connectivity index (χ3n) is 7.51. The average molecular weight is 357 g/mol. The number of carbonyl (C=O) groups is 1. The molecule has 0 radical (unpaired) electrons. The van der Waals surface area contributed by atoms with Gasteiger partial charge in [0.15, 0.2) is 0 Å². The Kier molecular flexibility index (Phi) is 4.30. The lowest BCUT2D eigenvalue weighted by Crippen LogP contribution is -2.58. The Morgan fingerprint density at radius 2 is 2.04 bits per heavy atom. The molecule has 142 valence electrons. The highest BCUT2D eigenvalue weighted by Gasteiger charge is 2.68. The van der Waals surface area contributed by atoms with Crippen molar-refractivity contribution in [1.82, 2.24) is 5.32 Å². The summed E-state index contributed by atoms with van der Waals surface area (Å²) in [6.07, 6.45) is 4.95. The van der Waals surface area contributed by atoms with Crippen molar-refractivity contribution in [2.75, 3.05) is 6.61 Å². The molecule has 4 heteroatoms. The molecule has 3 fully saturated rings. The zero-order chi connectivity index (χ0) is 18.5. The summed E-state index contributed by atoms with van der Waals surface area (Å²) >= 11 is 0. The van der Waals surface area contributed by atoms with Crippen LogP contribution in [0.5, 0.6) is 5.75 Å².